The topological polar surface area (TPSA) is 105 Å². The molecule has 3 aromatic rings. The Morgan fingerprint density at radius 2 is 1.62 bits per heavy atom. The lowest BCUT2D eigenvalue weighted by molar-refractivity contribution is -0.140. The minimum atomic E-state index is -3.89. The summed E-state index contributed by atoms with van der Waals surface area (Å²) >= 11 is 0. The Hall–Kier alpha value is -4.05. The summed E-state index contributed by atoms with van der Waals surface area (Å²) < 4.78 is 38.4. The summed E-state index contributed by atoms with van der Waals surface area (Å²) in [5, 5.41) is 3.04. The van der Waals surface area contributed by atoms with E-state index in [-0.39, 0.29) is 30.6 Å². The number of nitrogens with zero attached hydrogens (tertiary/aromatic N) is 2. The molecular formula is C32H39N3O6S. The minimum absolute atomic E-state index is 0.101. The molecule has 2 atom stereocenters. The average molecular weight is 594 g/mol. The molecule has 42 heavy (non-hydrogen) atoms. The number of nitrogens with one attached hydrogen (secondary N) is 1. The van der Waals surface area contributed by atoms with Gasteiger partial charge >= 0.3 is 0 Å². The van der Waals surface area contributed by atoms with Crippen molar-refractivity contribution in [1.29, 1.82) is 0 Å². The first-order valence-corrected chi connectivity index (χ1v) is 16.0. The van der Waals surface area contributed by atoms with Gasteiger partial charge in [-0.2, -0.15) is 0 Å². The second-order valence-corrected chi connectivity index (χ2v) is 12.5. The van der Waals surface area contributed by atoms with E-state index in [0.29, 0.717) is 24.7 Å². The van der Waals surface area contributed by atoms with E-state index in [4.69, 9.17) is 9.47 Å². The highest BCUT2D eigenvalue weighted by Gasteiger charge is 2.34. The van der Waals surface area contributed by atoms with Crippen LogP contribution >= 0.6 is 0 Å². The van der Waals surface area contributed by atoms with Gasteiger partial charge in [0.05, 0.1) is 11.9 Å². The van der Waals surface area contributed by atoms with Crippen molar-refractivity contribution in [3.8, 4) is 11.5 Å². The molecular weight excluding hydrogens is 554 g/mol. The van der Waals surface area contributed by atoms with Crippen molar-refractivity contribution in [2.45, 2.75) is 52.2 Å². The van der Waals surface area contributed by atoms with Gasteiger partial charge in [0.15, 0.2) is 11.5 Å². The first-order valence-electron chi connectivity index (χ1n) is 14.1. The maximum atomic E-state index is 14.3. The van der Waals surface area contributed by atoms with E-state index in [2.05, 4.69) is 5.32 Å². The van der Waals surface area contributed by atoms with Crippen LogP contribution in [0.25, 0.3) is 0 Å². The van der Waals surface area contributed by atoms with Crippen LogP contribution in [0.5, 0.6) is 11.5 Å². The number of amides is 2. The summed E-state index contributed by atoms with van der Waals surface area (Å²) in [6.07, 6.45) is 2.05. The maximum Gasteiger partial charge on any atom is 0.244 e. The highest BCUT2D eigenvalue weighted by molar-refractivity contribution is 7.92. The predicted octanol–water partition coefficient (Wildman–Crippen LogP) is 4.09. The van der Waals surface area contributed by atoms with Gasteiger partial charge < -0.3 is 19.7 Å². The number of carbonyl (C=O) groups excluding carboxylic acids is 2. The van der Waals surface area contributed by atoms with Crippen LogP contribution in [0.3, 0.4) is 0 Å². The third kappa shape index (κ3) is 7.82. The molecule has 10 heteroatoms. The van der Waals surface area contributed by atoms with Crippen molar-refractivity contribution in [1.82, 2.24) is 10.2 Å². The lowest BCUT2D eigenvalue weighted by Gasteiger charge is -2.34. The molecule has 0 saturated carbocycles. The highest BCUT2D eigenvalue weighted by atomic mass is 32.2. The van der Waals surface area contributed by atoms with Gasteiger partial charge in [-0.1, -0.05) is 61.5 Å². The first kappa shape index (κ1) is 30.9. The Labute approximate surface area is 248 Å². The summed E-state index contributed by atoms with van der Waals surface area (Å²) in [5.41, 5.74) is 2.99. The quantitative estimate of drug-likeness (QED) is 0.339. The van der Waals surface area contributed by atoms with Crippen molar-refractivity contribution in [3.63, 3.8) is 0 Å². The number of sulfonamides is 1. The number of benzene rings is 3. The second-order valence-electron chi connectivity index (χ2n) is 10.6. The van der Waals surface area contributed by atoms with Crippen LogP contribution < -0.4 is 19.1 Å². The number of rotatable bonds is 12. The van der Waals surface area contributed by atoms with Gasteiger partial charge in [0, 0.05) is 25.1 Å². The SMILES string of the molecule is CC[C@@H](C)NC(=O)[C@H](Cc1ccccc1)N(Cc1ccccc1C)C(=O)CN(c1ccc2c(c1)OCCO2)S(C)(=O)=O. The fourth-order valence-electron chi connectivity index (χ4n) is 4.77. The van der Waals surface area contributed by atoms with E-state index in [0.717, 1.165) is 33.7 Å². The molecule has 0 bridgehead atoms. The van der Waals surface area contributed by atoms with Crippen LogP contribution in [0.2, 0.25) is 0 Å². The summed E-state index contributed by atoms with van der Waals surface area (Å²) in [5.74, 6) is 0.126. The highest BCUT2D eigenvalue weighted by Crippen LogP contribution is 2.35. The smallest absolute Gasteiger partial charge is 0.244 e. The standard InChI is InChI=1S/C32H39N3O6S/c1-5-24(3)33-32(37)28(19-25-12-7-6-8-13-25)34(21-26-14-10-9-11-23(26)2)31(36)22-35(42(4,38)39)27-15-16-29-30(20-27)41-18-17-40-29/h6-16,20,24,28H,5,17-19,21-22H2,1-4H3,(H,33,37)/t24-,28+/m1/s1. The normalized spacial score (nSPS) is 14.0. The molecule has 0 radical (unpaired) electrons. The molecule has 224 valence electrons. The number of hydrogen-bond acceptors (Lipinski definition) is 6. The molecule has 0 saturated heterocycles. The molecule has 1 heterocycles. The van der Waals surface area contributed by atoms with E-state index >= 15 is 0 Å². The molecule has 3 aromatic carbocycles. The van der Waals surface area contributed by atoms with Crippen LogP contribution in [0.15, 0.2) is 72.8 Å². The van der Waals surface area contributed by atoms with E-state index in [1.165, 1.54) is 4.90 Å². The number of aryl methyl sites for hydroxylation is 1. The van der Waals surface area contributed by atoms with Crippen molar-refractivity contribution in [3.05, 3.63) is 89.5 Å². The molecule has 0 aliphatic carbocycles. The fraction of sp³-hybridized carbons (Fsp3) is 0.375. The van der Waals surface area contributed by atoms with E-state index < -0.39 is 28.5 Å². The molecule has 0 aromatic heterocycles. The van der Waals surface area contributed by atoms with Crippen LogP contribution in [0.1, 0.15) is 37.0 Å². The number of carbonyl (C=O) groups is 2. The van der Waals surface area contributed by atoms with Crippen molar-refractivity contribution in [2.24, 2.45) is 0 Å². The summed E-state index contributed by atoms with van der Waals surface area (Å²) in [4.78, 5) is 29.5. The molecule has 0 spiro atoms. The first-order chi connectivity index (χ1) is 20.1. The van der Waals surface area contributed by atoms with Crippen molar-refractivity contribution in [2.75, 3.05) is 30.3 Å². The van der Waals surface area contributed by atoms with Gasteiger partial charge in [-0.25, -0.2) is 8.42 Å². The Balaban J connectivity index is 1.74. The van der Waals surface area contributed by atoms with E-state index in [1.54, 1.807) is 18.2 Å². The largest absolute Gasteiger partial charge is 0.486 e. The predicted molar refractivity (Wildman–Crippen MR) is 163 cm³/mol. The Morgan fingerprint density at radius 3 is 2.29 bits per heavy atom. The zero-order valence-corrected chi connectivity index (χ0v) is 25.4. The summed E-state index contributed by atoms with van der Waals surface area (Å²) in [7, 11) is -3.89. The maximum absolute atomic E-state index is 14.3. The molecule has 1 aliphatic rings. The summed E-state index contributed by atoms with van der Waals surface area (Å²) in [6.45, 7) is 6.22. The van der Waals surface area contributed by atoms with Crippen molar-refractivity contribution < 1.29 is 27.5 Å². The molecule has 0 fully saturated rings. The van der Waals surface area contributed by atoms with Gasteiger partial charge in [0.25, 0.3) is 0 Å². The van der Waals surface area contributed by atoms with Crippen LogP contribution in [0, 0.1) is 6.92 Å². The Morgan fingerprint density at radius 1 is 0.952 bits per heavy atom. The number of hydrogen-bond donors (Lipinski definition) is 1. The zero-order valence-electron chi connectivity index (χ0n) is 24.6. The molecule has 1 aliphatic heterocycles. The second kappa shape index (κ2) is 13.7. The fourth-order valence-corrected chi connectivity index (χ4v) is 5.61. The Kier molecular flexibility index (Phi) is 10.1. The van der Waals surface area contributed by atoms with Crippen LogP contribution in [-0.2, 0) is 32.6 Å². The molecule has 0 unspecified atom stereocenters. The number of ether oxygens (including phenoxy) is 2. The van der Waals surface area contributed by atoms with Gasteiger partial charge in [-0.05, 0) is 49.1 Å². The van der Waals surface area contributed by atoms with Crippen LogP contribution in [-0.4, -0.2) is 63.2 Å². The van der Waals surface area contributed by atoms with E-state index in [1.807, 2.05) is 75.4 Å². The van der Waals surface area contributed by atoms with Gasteiger partial charge in [0.2, 0.25) is 21.8 Å². The van der Waals surface area contributed by atoms with Gasteiger partial charge in [0.1, 0.15) is 25.8 Å². The average Bonchev–Trinajstić information content (AvgIpc) is 2.98. The minimum Gasteiger partial charge on any atom is -0.486 e. The van der Waals surface area contributed by atoms with Crippen LogP contribution in [0.4, 0.5) is 5.69 Å². The number of anilines is 1. The molecule has 2 amide bonds. The van der Waals surface area contributed by atoms with Gasteiger partial charge in [-0.15, -0.1) is 0 Å². The Bertz CT molecular complexity index is 1500. The third-order valence-corrected chi connectivity index (χ3v) is 8.51. The number of fused-ring (bicyclic) bond motifs is 1. The lowest BCUT2D eigenvalue weighted by Crippen LogP contribution is -2.54. The summed E-state index contributed by atoms with van der Waals surface area (Å²) in [6, 6.07) is 21.0. The monoisotopic (exact) mass is 593 g/mol. The van der Waals surface area contributed by atoms with Crippen molar-refractivity contribution >= 4 is 27.5 Å². The third-order valence-electron chi connectivity index (χ3n) is 7.37. The molecule has 4 rings (SSSR count). The van der Waals surface area contributed by atoms with Gasteiger partial charge in [-0.3, -0.25) is 13.9 Å². The molecule has 1 N–H and O–H groups in total. The molecule has 9 nitrogen and oxygen atoms in total. The zero-order chi connectivity index (χ0) is 30.3. The lowest BCUT2D eigenvalue weighted by atomic mass is 10.0. The van der Waals surface area contributed by atoms with E-state index in [9.17, 15) is 18.0 Å².